The predicted octanol–water partition coefficient (Wildman–Crippen LogP) is 2.11. The van der Waals surface area contributed by atoms with Crippen molar-refractivity contribution in [2.24, 2.45) is 0 Å². The van der Waals surface area contributed by atoms with Gasteiger partial charge in [0.05, 0.1) is 0 Å². The molecule has 0 aliphatic rings. The summed E-state index contributed by atoms with van der Waals surface area (Å²) in [5.41, 5.74) is 0. The minimum Gasteiger partial charge on any atom is -0.311 e. The molecule has 1 unspecified atom stereocenters. The average Bonchev–Trinajstić information content (AvgIpc) is 1.84. The van der Waals surface area contributed by atoms with Crippen molar-refractivity contribution in [1.82, 2.24) is 4.67 Å². The summed E-state index contributed by atoms with van der Waals surface area (Å²) in [5, 5.41) is 0. The smallest absolute Gasteiger partial charge is 0.311 e. The highest BCUT2D eigenvalue weighted by molar-refractivity contribution is 7.50. The molecule has 12 heavy (non-hydrogen) atoms. The summed E-state index contributed by atoms with van der Waals surface area (Å²) in [6.45, 7) is 6.79. The van der Waals surface area contributed by atoms with Crippen LogP contribution in [0, 0.1) is 0 Å². The molecule has 0 saturated carbocycles. The zero-order chi connectivity index (χ0) is 9.94. The topological polar surface area (TPSA) is 49.8 Å². The van der Waals surface area contributed by atoms with Crippen molar-refractivity contribution < 1.29 is 18.7 Å². The molecule has 1 N–H and O–H groups in total. The summed E-state index contributed by atoms with van der Waals surface area (Å²) in [6, 6.07) is -0.479. The Hall–Kier alpha value is 0.0400. The SMILES string of the molecule is CC(C)N(C(C)C)P(=O)(O)OF. The maximum Gasteiger partial charge on any atom is 0.437 e. The number of halogens is 1. The maximum atomic E-state index is 11.7. The van der Waals surface area contributed by atoms with Crippen LogP contribution in [-0.2, 0) is 9.29 Å². The van der Waals surface area contributed by atoms with Gasteiger partial charge in [-0.1, -0.05) is 4.73 Å². The van der Waals surface area contributed by atoms with Gasteiger partial charge in [0, 0.05) is 12.1 Å². The quantitative estimate of drug-likeness (QED) is 0.704. The van der Waals surface area contributed by atoms with Gasteiger partial charge in [0.25, 0.3) is 0 Å². The largest absolute Gasteiger partial charge is 0.437 e. The molecule has 0 aromatic heterocycles. The normalized spacial score (nSPS) is 17.4. The van der Waals surface area contributed by atoms with E-state index < -0.39 is 7.75 Å². The molecule has 0 radical (unpaired) electrons. The van der Waals surface area contributed by atoms with Crippen molar-refractivity contribution >= 4 is 7.75 Å². The Morgan fingerprint density at radius 2 is 1.67 bits per heavy atom. The van der Waals surface area contributed by atoms with Crippen molar-refractivity contribution in [2.75, 3.05) is 0 Å². The Morgan fingerprint density at radius 3 is 1.75 bits per heavy atom. The van der Waals surface area contributed by atoms with Crippen LogP contribution in [0.3, 0.4) is 0 Å². The van der Waals surface area contributed by atoms with Crippen LogP contribution in [0.5, 0.6) is 0 Å². The van der Waals surface area contributed by atoms with Crippen LogP contribution >= 0.6 is 7.75 Å². The van der Waals surface area contributed by atoms with Gasteiger partial charge in [-0.15, -0.1) is 0 Å². The highest BCUT2D eigenvalue weighted by atomic mass is 31.2. The second kappa shape index (κ2) is 4.33. The highest BCUT2D eigenvalue weighted by Crippen LogP contribution is 2.49. The minimum atomic E-state index is -4.23. The summed E-state index contributed by atoms with van der Waals surface area (Å²) < 4.78 is 26.9. The lowest BCUT2D eigenvalue weighted by Gasteiger charge is -2.30. The summed E-state index contributed by atoms with van der Waals surface area (Å²) >= 11 is 0. The first-order valence-electron chi connectivity index (χ1n) is 3.75. The lowest BCUT2D eigenvalue weighted by atomic mass is 10.3. The first kappa shape index (κ1) is 12.0. The lowest BCUT2D eigenvalue weighted by molar-refractivity contribution is -0.0386. The van der Waals surface area contributed by atoms with E-state index in [-0.39, 0.29) is 12.1 Å². The minimum absolute atomic E-state index is 0.239. The summed E-state index contributed by atoms with van der Waals surface area (Å²) in [6.07, 6.45) is 0. The van der Waals surface area contributed by atoms with E-state index in [2.05, 4.69) is 4.73 Å². The zero-order valence-corrected chi connectivity index (χ0v) is 8.59. The molecule has 0 aromatic carbocycles. The molecule has 0 heterocycles. The van der Waals surface area contributed by atoms with Gasteiger partial charge < -0.3 is 4.89 Å². The van der Waals surface area contributed by atoms with E-state index in [4.69, 9.17) is 4.89 Å². The number of hydrogen-bond acceptors (Lipinski definition) is 2. The van der Waals surface area contributed by atoms with Crippen LogP contribution in [0.1, 0.15) is 27.7 Å². The Balaban J connectivity index is 4.63. The number of nitrogens with zero attached hydrogens (tertiary/aromatic N) is 1. The highest BCUT2D eigenvalue weighted by Gasteiger charge is 2.35. The first-order valence-corrected chi connectivity index (χ1v) is 5.28. The lowest BCUT2D eigenvalue weighted by Crippen LogP contribution is -2.34. The fraction of sp³-hybridized carbons (Fsp3) is 1.00. The van der Waals surface area contributed by atoms with Crippen molar-refractivity contribution in [3.8, 4) is 0 Å². The van der Waals surface area contributed by atoms with E-state index >= 15 is 0 Å². The van der Waals surface area contributed by atoms with Crippen LogP contribution in [0.4, 0.5) is 4.53 Å². The molecule has 0 aliphatic carbocycles. The first-order chi connectivity index (χ1) is 5.33. The molecule has 0 fully saturated rings. The second-order valence-corrected chi connectivity index (χ2v) is 4.71. The molecule has 4 nitrogen and oxygen atoms in total. The van der Waals surface area contributed by atoms with Crippen LogP contribution in [0.15, 0.2) is 0 Å². The van der Waals surface area contributed by atoms with Gasteiger partial charge in [-0.25, -0.2) is 9.24 Å². The molecular weight excluding hydrogens is 184 g/mol. The summed E-state index contributed by atoms with van der Waals surface area (Å²) in [7, 11) is -4.23. The molecule has 6 heteroatoms. The third kappa shape index (κ3) is 2.83. The molecule has 0 spiro atoms. The molecular formula is C6H15FNO3P. The van der Waals surface area contributed by atoms with E-state index in [1.165, 1.54) is 0 Å². The van der Waals surface area contributed by atoms with Gasteiger partial charge in [0.2, 0.25) is 0 Å². The van der Waals surface area contributed by atoms with Crippen molar-refractivity contribution in [3.05, 3.63) is 0 Å². The maximum absolute atomic E-state index is 11.7. The van der Waals surface area contributed by atoms with Gasteiger partial charge in [-0.3, -0.25) is 0 Å². The van der Waals surface area contributed by atoms with Gasteiger partial charge in [0.1, 0.15) is 0 Å². The van der Waals surface area contributed by atoms with E-state index in [0.29, 0.717) is 0 Å². The third-order valence-corrected chi connectivity index (χ3v) is 3.13. The standard InChI is InChI=1S/C6H15FNO3P/c1-5(2)8(6(3)4)12(9,10)11-7/h5-6H,1-4H3,(H,9,10). The zero-order valence-electron chi connectivity index (χ0n) is 7.69. The van der Waals surface area contributed by atoms with Gasteiger partial charge in [0.15, 0.2) is 0 Å². The molecule has 0 amide bonds. The van der Waals surface area contributed by atoms with E-state index in [1.54, 1.807) is 27.7 Å². The molecule has 0 bridgehead atoms. The van der Waals surface area contributed by atoms with Crippen LogP contribution in [0.25, 0.3) is 0 Å². The molecule has 0 saturated heterocycles. The summed E-state index contributed by atoms with van der Waals surface area (Å²) in [4.78, 5) is 9.01. The van der Waals surface area contributed by atoms with Gasteiger partial charge >= 0.3 is 7.75 Å². The molecule has 0 rings (SSSR count). The fourth-order valence-corrected chi connectivity index (χ4v) is 2.45. The second-order valence-electron chi connectivity index (χ2n) is 3.13. The van der Waals surface area contributed by atoms with Gasteiger partial charge in [-0.05, 0) is 32.2 Å². The van der Waals surface area contributed by atoms with Crippen molar-refractivity contribution in [1.29, 1.82) is 0 Å². The number of rotatable bonds is 4. The van der Waals surface area contributed by atoms with Gasteiger partial charge in [-0.2, -0.15) is 0 Å². The monoisotopic (exact) mass is 199 g/mol. The third-order valence-electron chi connectivity index (χ3n) is 1.44. The van der Waals surface area contributed by atoms with E-state index in [0.717, 1.165) is 4.67 Å². The molecule has 74 valence electrons. The Bertz CT molecular complexity index is 178. The van der Waals surface area contributed by atoms with Crippen LogP contribution in [0.2, 0.25) is 0 Å². The van der Waals surface area contributed by atoms with Crippen LogP contribution < -0.4 is 0 Å². The predicted molar refractivity (Wildman–Crippen MR) is 44.1 cm³/mol. The van der Waals surface area contributed by atoms with Crippen LogP contribution in [-0.4, -0.2) is 21.6 Å². The van der Waals surface area contributed by atoms with E-state index in [9.17, 15) is 9.09 Å². The summed E-state index contributed by atoms with van der Waals surface area (Å²) in [5.74, 6) is 0. The molecule has 0 aromatic rings. The Morgan fingerprint density at radius 1 is 1.33 bits per heavy atom. The van der Waals surface area contributed by atoms with Crippen molar-refractivity contribution in [3.63, 3.8) is 0 Å². The molecule has 1 atom stereocenters. The number of hydrogen-bond donors (Lipinski definition) is 1. The van der Waals surface area contributed by atoms with Crippen molar-refractivity contribution in [2.45, 2.75) is 39.8 Å². The fourth-order valence-electron chi connectivity index (χ4n) is 1.22. The van der Waals surface area contributed by atoms with E-state index in [1.807, 2.05) is 0 Å². The Labute approximate surface area is 71.8 Å². The average molecular weight is 199 g/mol. The Kier molecular flexibility index (Phi) is 4.34. The molecule has 0 aliphatic heterocycles.